The van der Waals surface area contributed by atoms with Crippen molar-refractivity contribution in [1.82, 2.24) is 4.90 Å². The average Bonchev–Trinajstić information content (AvgIpc) is 2.16. The number of hydrogen-bond acceptors (Lipinski definition) is 4. The molecule has 0 aromatic rings. The van der Waals surface area contributed by atoms with Gasteiger partial charge in [0.1, 0.15) is 0 Å². The molecule has 0 bridgehead atoms. The lowest BCUT2D eigenvalue weighted by atomic mass is 9.93. The van der Waals surface area contributed by atoms with E-state index in [-0.39, 0.29) is 5.75 Å². The van der Waals surface area contributed by atoms with Crippen LogP contribution in [0.4, 0.5) is 0 Å². The predicted octanol–water partition coefficient (Wildman–Crippen LogP) is 1.45. The fourth-order valence-electron chi connectivity index (χ4n) is 2.23. The number of rotatable bonds is 5. The van der Waals surface area contributed by atoms with Gasteiger partial charge in [-0.05, 0) is 26.3 Å². The van der Waals surface area contributed by atoms with Crippen molar-refractivity contribution in [3.63, 3.8) is 0 Å². The van der Waals surface area contributed by atoms with Gasteiger partial charge in [0, 0.05) is 30.4 Å². The van der Waals surface area contributed by atoms with Crippen LogP contribution in [0.3, 0.4) is 0 Å². The second-order valence-corrected chi connectivity index (χ2v) is 7.01. The summed E-state index contributed by atoms with van der Waals surface area (Å²) in [6.07, 6.45) is 1.47. The Labute approximate surface area is 102 Å². The van der Waals surface area contributed by atoms with Crippen molar-refractivity contribution in [1.29, 1.82) is 0 Å². The molecule has 1 aliphatic rings. The van der Waals surface area contributed by atoms with Gasteiger partial charge in [0.15, 0.2) is 0 Å². The number of halogens is 1. The summed E-state index contributed by atoms with van der Waals surface area (Å²) in [6.45, 7) is 7.26. The second-order valence-electron chi connectivity index (χ2n) is 4.23. The van der Waals surface area contributed by atoms with E-state index in [1.54, 1.807) is 0 Å². The summed E-state index contributed by atoms with van der Waals surface area (Å²) in [5.41, 5.74) is -0.568. The molecule has 6 heteroatoms. The van der Waals surface area contributed by atoms with E-state index in [0.717, 1.165) is 32.5 Å². The Morgan fingerprint density at radius 1 is 1.31 bits per heavy atom. The van der Waals surface area contributed by atoms with Crippen LogP contribution >= 0.6 is 10.7 Å². The van der Waals surface area contributed by atoms with Crippen molar-refractivity contribution in [2.75, 3.05) is 32.0 Å². The summed E-state index contributed by atoms with van der Waals surface area (Å²) >= 11 is 0. The summed E-state index contributed by atoms with van der Waals surface area (Å²) in [6, 6.07) is 0. The van der Waals surface area contributed by atoms with E-state index in [1.165, 1.54) is 0 Å². The maximum Gasteiger partial charge on any atom is 0.235 e. The largest absolute Gasteiger partial charge is 0.374 e. The Balaban J connectivity index is 2.68. The molecule has 1 saturated heterocycles. The highest BCUT2D eigenvalue weighted by Crippen LogP contribution is 2.29. The Hall–Kier alpha value is 0.160. The van der Waals surface area contributed by atoms with Gasteiger partial charge in [-0.2, -0.15) is 0 Å². The maximum atomic E-state index is 11.2. The summed E-state index contributed by atoms with van der Waals surface area (Å²) in [5, 5.41) is 0. The highest BCUT2D eigenvalue weighted by molar-refractivity contribution is 8.13. The molecule has 1 rings (SSSR count). The summed E-state index contributed by atoms with van der Waals surface area (Å²) in [7, 11) is 1.84. The van der Waals surface area contributed by atoms with Crippen LogP contribution < -0.4 is 0 Å². The maximum absolute atomic E-state index is 11.2. The normalized spacial score (nSPS) is 22.2. The predicted molar refractivity (Wildman–Crippen MR) is 65.3 cm³/mol. The molecule has 0 saturated carbocycles. The lowest BCUT2D eigenvalue weighted by molar-refractivity contribution is -0.0621. The van der Waals surface area contributed by atoms with E-state index in [2.05, 4.69) is 11.8 Å². The van der Waals surface area contributed by atoms with Crippen LogP contribution in [-0.2, 0) is 13.8 Å². The molecule has 0 aromatic heterocycles. The number of likely N-dealkylation sites (tertiary alicyclic amines) is 1. The first-order chi connectivity index (χ1) is 7.41. The number of ether oxygens (including phenoxy) is 1. The van der Waals surface area contributed by atoms with E-state index < -0.39 is 14.7 Å². The zero-order chi connectivity index (χ0) is 12.2. The van der Waals surface area contributed by atoms with Gasteiger partial charge in [0.25, 0.3) is 0 Å². The SMILES string of the molecule is CCOC1(CS(=O)(=O)Cl)CCN(CC)CC1. The van der Waals surface area contributed by atoms with Crippen molar-refractivity contribution in [2.45, 2.75) is 32.3 Å². The zero-order valence-corrected chi connectivity index (χ0v) is 11.5. The fraction of sp³-hybridized carbons (Fsp3) is 1.00. The van der Waals surface area contributed by atoms with E-state index in [4.69, 9.17) is 15.4 Å². The molecule has 96 valence electrons. The molecule has 1 aliphatic heterocycles. The highest BCUT2D eigenvalue weighted by Gasteiger charge is 2.38. The molecule has 0 atom stereocenters. The molecular formula is C10H20ClNO3S. The summed E-state index contributed by atoms with van der Waals surface area (Å²) < 4.78 is 28.1. The zero-order valence-electron chi connectivity index (χ0n) is 9.91. The van der Waals surface area contributed by atoms with Gasteiger partial charge in [0.2, 0.25) is 9.05 Å². The molecule has 0 amide bonds. The number of hydrogen-bond donors (Lipinski definition) is 0. The Kier molecular flexibility index (Phi) is 5.04. The first kappa shape index (κ1) is 14.2. The van der Waals surface area contributed by atoms with Crippen LogP contribution in [0.1, 0.15) is 26.7 Å². The molecule has 0 aliphatic carbocycles. The van der Waals surface area contributed by atoms with Crippen molar-refractivity contribution in [2.24, 2.45) is 0 Å². The molecule has 1 fully saturated rings. The van der Waals surface area contributed by atoms with Gasteiger partial charge >= 0.3 is 0 Å². The second kappa shape index (κ2) is 5.67. The van der Waals surface area contributed by atoms with Crippen LogP contribution in [0, 0.1) is 0 Å². The van der Waals surface area contributed by atoms with Crippen LogP contribution in [-0.4, -0.2) is 50.9 Å². The van der Waals surface area contributed by atoms with Gasteiger partial charge in [-0.25, -0.2) is 8.42 Å². The van der Waals surface area contributed by atoms with Crippen LogP contribution in [0.25, 0.3) is 0 Å². The molecule has 0 unspecified atom stereocenters. The topological polar surface area (TPSA) is 46.6 Å². The first-order valence-electron chi connectivity index (χ1n) is 5.69. The molecule has 4 nitrogen and oxygen atoms in total. The summed E-state index contributed by atoms with van der Waals surface area (Å²) in [5.74, 6) is -0.0764. The molecule has 0 spiro atoms. The lowest BCUT2D eigenvalue weighted by Crippen LogP contribution is -2.49. The molecule has 0 aromatic carbocycles. The Morgan fingerprint density at radius 2 is 1.88 bits per heavy atom. The standard InChI is InChI=1S/C10H20ClNO3S/c1-3-12-7-5-10(6-8-12,15-4-2)9-16(11,13)14/h3-9H2,1-2H3. The average molecular weight is 270 g/mol. The third-order valence-corrected chi connectivity index (χ3v) is 4.30. The quantitative estimate of drug-likeness (QED) is 0.709. The van der Waals surface area contributed by atoms with Crippen LogP contribution in [0.5, 0.6) is 0 Å². The lowest BCUT2D eigenvalue weighted by Gasteiger charge is -2.40. The molecule has 16 heavy (non-hydrogen) atoms. The third kappa shape index (κ3) is 4.20. The van der Waals surface area contributed by atoms with E-state index in [0.29, 0.717) is 6.61 Å². The monoisotopic (exact) mass is 269 g/mol. The van der Waals surface area contributed by atoms with Crippen molar-refractivity contribution >= 4 is 19.7 Å². The van der Waals surface area contributed by atoms with E-state index in [1.807, 2.05) is 6.92 Å². The highest BCUT2D eigenvalue weighted by atomic mass is 35.7. The molecule has 0 radical (unpaired) electrons. The van der Waals surface area contributed by atoms with Crippen molar-refractivity contribution in [3.8, 4) is 0 Å². The summed E-state index contributed by atoms with van der Waals surface area (Å²) in [4.78, 5) is 2.29. The minimum atomic E-state index is -3.50. The van der Waals surface area contributed by atoms with Crippen LogP contribution in [0.15, 0.2) is 0 Å². The molecule has 0 N–H and O–H groups in total. The van der Waals surface area contributed by atoms with E-state index >= 15 is 0 Å². The molecule has 1 heterocycles. The van der Waals surface area contributed by atoms with Crippen molar-refractivity contribution in [3.05, 3.63) is 0 Å². The smallest absolute Gasteiger partial charge is 0.235 e. The van der Waals surface area contributed by atoms with Gasteiger partial charge in [0.05, 0.1) is 11.4 Å². The minimum absolute atomic E-state index is 0.0764. The number of piperidine rings is 1. The van der Waals surface area contributed by atoms with Gasteiger partial charge in [-0.15, -0.1) is 0 Å². The fourth-order valence-corrected chi connectivity index (χ4v) is 3.82. The minimum Gasteiger partial charge on any atom is -0.374 e. The third-order valence-electron chi connectivity index (χ3n) is 3.10. The van der Waals surface area contributed by atoms with Gasteiger partial charge < -0.3 is 9.64 Å². The van der Waals surface area contributed by atoms with E-state index in [9.17, 15) is 8.42 Å². The van der Waals surface area contributed by atoms with Crippen molar-refractivity contribution < 1.29 is 13.2 Å². The number of nitrogens with zero attached hydrogens (tertiary/aromatic N) is 1. The Bertz CT molecular complexity index is 310. The Morgan fingerprint density at radius 3 is 2.25 bits per heavy atom. The molecular weight excluding hydrogens is 250 g/mol. The van der Waals surface area contributed by atoms with Gasteiger partial charge in [-0.1, -0.05) is 6.92 Å². The van der Waals surface area contributed by atoms with Crippen LogP contribution in [0.2, 0.25) is 0 Å². The van der Waals surface area contributed by atoms with Gasteiger partial charge in [-0.3, -0.25) is 0 Å². The first-order valence-corrected chi connectivity index (χ1v) is 8.17.